The first-order chi connectivity index (χ1) is 17.1. The molecule has 35 heavy (non-hydrogen) atoms. The molecule has 1 fully saturated rings. The van der Waals surface area contributed by atoms with Gasteiger partial charge in [-0.2, -0.15) is 0 Å². The number of aromatic nitrogens is 1. The highest BCUT2D eigenvalue weighted by Gasteiger charge is 2.34. The lowest BCUT2D eigenvalue weighted by Crippen LogP contribution is -2.47. The van der Waals surface area contributed by atoms with E-state index in [-0.39, 0.29) is 17.9 Å². The third kappa shape index (κ3) is 5.49. The van der Waals surface area contributed by atoms with Crippen molar-refractivity contribution in [2.45, 2.75) is 38.1 Å². The van der Waals surface area contributed by atoms with Crippen molar-refractivity contribution >= 4 is 11.6 Å². The van der Waals surface area contributed by atoms with E-state index in [2.05, 4.69) is 40.5 Å². The second kappa shape index (κ2) is 10.5. The molecule has 1 amide bonds. The maximum absolute atomic E-state index is 13.2. The standard InChI is InChI=1S/C29H33N3O3/c1-35-25-11-9-22(10-12-25)17-28(33)30-26-13-14-27-24-16-23(19-32(27)29(26)34)18-31(20-24)15-5-8-21-6-3-2-4-7-21/h2-4,6-7,9-14,23-24H,5,8,15-20H2,1H3,(H,30,33)/t23-,24-/m1/s1. The first kappa shape index (κ1) is 23.4. The molecule has 1 N–H and O–H groups in total. The van der Waals surface area contributed by atoms with Crippen molar-refractivity contribution in [3.8, 4) is 5.75 Å². The van der Waals surface area contributed by atoms with Crippen molar-refractivity contribution in [2.75, 3.05) is 32.1 Å². The predicted molar refractivity (Wildman–Crippen MR) is 138 cm³/mol. The fourth-order valence-corrected chi connectivity index (χ4v) is 5.60. The third-order valence-electron chi connectivity index (χ3n) is 7.26. The van der Waals surface area contributed by atoms with Crippen LogP contribution < -0.4 is 15.6 Å². The molecule has 6 nitrogen and oxygen atoms in total. The lowest BCUT2D eigenvalue weighted by Gasteiger charge is -2.43. The molecule has 2 aromatic carbocycles. The molecule has 2 aliphatic heterocycles. The summed E-state index contributed by atoms with van der Waals surface area (Å²) < 4.78 is 7.07. The zero-order valence-electron chi connectivity index (χ0n) is 20.3. The van der Waals surface area contributed by atoms with Crippen LogP contribution >= 0.6 is 0 Å². The Morgan fingerprint density at radius 1 is 0.971 bits per heavy atom. The number of likely N-dealkylation sites (tertiary alicyclic amines) is 1. The van der Waals surface area contributed by atoms with Crippen molar-refractivity contribution < 1.29 is 9.53 Å². The van der Waals surface area contributed by atoms with Crippen LogP contribution in [0.25, 0.3) is 0 Å². The fourth-order valence-electron chi connectivity index (χ4n) is 5.60. The van der Waals surface area contributed by atoms with E-state index in [9.17, 15) is 9.59 Å². The van der Waals surface area contributed by atoms with Gasteiger partial charge >= 0.3 is 0 Å². The average molecular weight is 472 g/mol. The SMILES string of the molecule is COc1ccc(CC(=O)Nc2ccc3n(c2=O)C[C@@H]2C[C@@H]3CN(CCCc3ccccc3)C2)cc1. The Morgan fingerprint density at radius 2 is 1.77 bits per heavy atom. The van der Waals surface area contributed by atoms with Gasteiger partial charge in [0.25, 0.3) is 5.56 Å². The van der Waals surface area contributed by atoms with Gasteiger partial charge in [0, 0.05) is 31.2 Å². The number of pyridine rings is 1. The molecule has 2 aliphatic rings. The molecule has 3 heterocycles. The summed E-state index contributed by atoms with van der Waals surface area (Å²) in [7, 11) is 1.61. The third-order valence-corrected chi connectivity index (χ3v) is 7.26. The summed E-state index contributed by atoms with van der Waals surface area (Å²) in [4.78, 5) is 28.4. The molecule has 0 unspecified atom stereocenters. The second-order valence-electron chi connectivity index (χ2n) is 9.81. The maximum atomic E-state index is 13.2. The lowest BCUT2D eigenvalue weighted by atomic mass is 9.83. The Bertz CT molecular complexity index is 1220. The van der Waals surface area contributed by atoms with Crippen molar-refractivity contribution in [3.63, 3.8) is 0 Å². The number of nitrogens with one attached hydrogen (secondary N) is 1. The van der Waals surface area contributed by atoms with Crippen LogP contribution in [0.15, 0.2) is 71.5 Å². The van der Waals surface area contributed by atoms with Crippen molar-refractivity contribution in [1.29, 1.82) is 0 Å². The Balaban J connectivity index is 1.21. The van der Waals surface area contributed by atoms with E-state index in [1.54, 1.807) is 13.2 Å². The van der Waals surface area contributed by atoms with Gasteiger partial charge < -0.3 is 19.5 Å². The van der Waals surface area contributed by atoms with Gasteiger partial charge in [-0.1, -0.05) is 42.5 Å². The number of aryl methyl sites for hydroxylation is 1. The van der Waals surface area contributed by atoms with Crippen LogP contribution in [0.2, 0.25) is 0 Å². The van der Waals surface area contributed by atoms with Crippen LogP contribution in [0.4, 0.5) is 5.69 Å². The highest BCUT2D eigenvalue weighted by atomic mass is 16.5. The number of ether oxygens (including phenoxy) is 1. The number of carbonyl (C=O) groups is 1. The highest BCUT2D eigenvalue weighted by molar-refractivity contribution is 5.92. The normalized spacial score (nSPS) is 19.1. The number of hydrogen-bond donors (Lipinski definition) is 1. The molecule has 0 radical (unpaired) electrons. The Morgan fingerprint density at radius 3 is 2.54 bits per heavy atom. The van der Waals surface area contributed by atoms with E-state index in [0.717, 1.165) is 62.4 Å². The molecule has 182 valence electrons. The summed E-state index contributed by atoms with van der Waals surface area (Å²) in [6.45, 7) is 3.84. The Hall–Kier alpha value is -3.38. The van der Waals surface area contributed by atoms with Crippen LogP contribution in [-0.2, 0) is 24.2 Å². The molecule has 0 aliphatic carbocycles. The highest BCUT2D eigenvalue weighted by Crippen LogP contribution is 2.35. The van der Waals surface area contributed by atoms with Gasteiger partial charge in [-0.15, -0.1) is 0 Å². The summed E-state index contributed by atoms with van der Waals surface area (Å²) in [6.07, 6.45) is 3.60. The summed E-state index contributed by atoms with van der Waals surface area (Å²) in [5.74, 6) is 1.41. The van der Waals surface area contributed by atoms with Crippen molar-refractivity contribution in [2.24, 2.45) is 5.92 Å². The molecule has 1 saturated heterocycles. The molecule has 3 aromatic rings. The van der Waals surface area contributed by atoms with Crippen LogP contribution in [0.3, 0.4) is 0 Å². The van der Waals surface area contributed by atoms with E-state index in [0.29, 0.717) is 17.5 Å². The Kier molecular flexibility index (Phi) is 7.00. The predicted octanol–water partition coefficient (Wildman–Crippen LogP) is 4.09. The average Bonchev–Trinajstić information content (AvgIpc) is 2.87. The van der Waals surface area contributed by atoms with Crippen molar-refractivity contribution in [1.82, 2.24) is 9.47 Å². The molecule has 2 bridgehead atoms. The number of piperidine rings is 1. The van der Waals surface area contributed by atoms with E-state index < -0.39 is 0 Å². The van der Waals surface area contributed by atoms with E-state index in [4.69, 9.17) is 4.74 Å². The van der Waals surface area contributed by atoms with Gasteiger partial charge in [-0.3, -0.25) is 9.59 Å². The van der Waals surface area contributed by atoms with Gasteiger partial charge in [-0.25, -0.2) is 0 Å². The van der Waals surface area contributed by atoms with E-state index in [1.807, 2.05) is 34.9 Å². The molecule has 0 spiro atoms. The minimum Gasteiger partial charge on any atom is -0.497 e. The van der Waals surface area contributed by atoms with E-state index in [1.165, 1.54) is 5.56 Å². The van der Waals surface area contributed by atoms with Crippen molar-refractivity contribution in [3.05, 3.63) is 93.9 Å². The number of anilines is 1. The smallest absolute Gasteiger partial charge is 0.274 e. The van der Waals surface area contributed by atoms with Crippen LogP contribution in [0.5, 0.6) is 5.75 Å². The van der Waals surface area contributed by atoms with Crippen LogP contribution in [0, 0.1) is 5.92 Å². The molecule has 6 heteroatoms. The van der Waals surface area contributed by atoms with Gasteiger partial charge in [0.15, 0.2) is 0 Å². The molecule has 1 aromatic heterocycles. The lowest BCUT2D eigenvalue weighted by molar-refractivity contribution is -0.115. The summed E-state index contributed by atoms with van der Waals surface area (Å²) >= 11 is 0. The largest absolute Gasteiger partial charge is 0.497 e. The first-order valence-electron chi connectivity index (χ1n) is 12.5. The number of nitrogens with zero attached hydrogens (tertiary/aromatic N) is 2. The van der Waals surface area contributed by atoms with Gasteiger partial charge in [0.1, 0.15) is 11.4 Å². The summed E-state index contributed by atoms with van der Waals surface area (Å²) in [6, 6.07) is 21.9. The number of fused-ring (bicyclic) bond motifs is 4. The number of rotatable bonds is 8. The van der Waals surface area contributed by atoms with Crippen LogP contribution in [-0.4, -0.2) is 42.1 Å². The summed E-state index contributed by atoms with van der Waals surface area (Å²) in [5.41, 5.74) is 3.66. The maximum Gasteiger partial charge on any atom is 0.274 e. The zero-order chi connectivity index (χ0) is 24.2. The monoisotopic (exact) mass is 471 g/mol. The quantitative estimate of drug-likeness (QED) is 0.538. The second-order valence-corrected chi connectivity index (χ2v) is 9.81. The Labute approximate surface area is 206 Å². The molecule has 0 saturated carbocycles. The topological polar surface area (TPSA) is 63.6 Å². The van der Waals surface area contributed by atoms with Crippen LogP contribution in [0.1, 0.15) is 35.6 Å². The molecular weight excluding hydrogens is 438 g/mol. The zero-order valence-corrected chi connectivity index (χ0v) is 20.3. The fraction of sp³-hybridized carbons (Fsp3) is 0.379. The van der Waals surface area contributed by atoms with Gasteiger partial charge in [0.2, 0.25) is 5.91 Å². The summed E-state index contributed by atoms with van der Waals surface area (Å²) in [5, 5.41) is 2.84. The number of hydrogen-bond acceptors (Lipinski definition) is 4. The number of carbonyl (C=O) groups excluding carboxylic acids is 1. The number of benzene rings is 2. The first-order valence-corrected chi connectivity index (χ1v) is 12.5. The molecular formula is C29H33N3O3. The minimum absolute atomic E-state index is 0.0854. The van der Waals surface area contributed by atoms with E-state index >= 15 is 0 Å². The number of amides is 1. The van der Waals surface area contributed by atoms with Gasteiger partial charge in [0.05, 0.1) is 13.5 Å². The minimum atomic E-state index is -0.187. The van der Waals surface area contributed by atoms with Gasteiger partial charge in [-0.05, 0) is 67.1 Å². The molecule has 5 rings (SSSR count). The molecule has 2 atom stereocenters. The number of methoxy groups -OCH3 is 1.